The Hall–Kier alpha value is -4.89. The van der Waals surface area contributed by atoms with E-state index in [1.807, 2.05) is 0 Å². The zero-order valence-electron chi connectivity index (χ0n) is 31.5. The number of nitrogens with one attached hydrogen (secondary N) is 3. The second kappa shape index (κ2) is 16.8. The number of rotatable bonds is 13. The van der Waals surface area contributed by atoms with Gasteiger partial charge in [0.2, 0.25) is 11.3 Å². The number of aromatic nitrogens is 1. The Balaban J connectivity index is 1.49. The van der Waals surface area contributed by atoms with Crippen LogP contribution in [0.3, 0.4) is 0 Å². The van der Waals surface area contributed by atoms with Crippen LogP contribution >= 0.6 is 0 Å². The summed E-state index contributed by atoms with van der Waals surface area (Å²) in [6.07, 6.45) is 3.24. The lowest BCUT2D eigenvalue weighted by Gasteiger charge is -2.33. The number of carbonyl (C=O) groups excluding carboxylic acids is 3. The fourth-order valence-corrected chi connectivity index (χ4v) is 6.12. The van der Waals surface area contributed by atoms with Gasteiger partial charge in [-0.3, -0.25) is 9.59 Å². The number of anilines is 1. The molecule has 1 aromatic heterocycles. The smallest absolute Gasteiger partial charge is 0.408 e. The highest BCUT2D eigenvalue weighted by Crippen LogP contribution is 2.44. The van der Waals surface area contributed by atoms with Crippen molar-refractivity contribution in [3.05, 3.63) is 45.3 Å². The molecular formula is C37H51F2N5O9. The van der Waals surface area contributed by atoms with Crippen molar-refractivity contribution in [1.82, 2.24) is 20.5 Å². The Bertz CT molecular complexity index is 1810. The second-order valence-electron chi connectivity index (χ2n) is 15.3. The van der Waals surface area contributed by atoms with E-state index in [1.165, 1.54) is 13.3 Å². The van der Waals surface area contributed by atoms with Crippen LogP contribution in [0.25, 0.3) is 10.9 Å². The summed E-state index contributed by atoms with van der Waals surface area (Å²) in [5.41, 5.74) is -2.15. The molecule has 1 aliphatic carbocycles. The number of amides is 3. The average molecular weight is 748 g/mol. The highest BCUT2D eigenvalue weighted by atomic mass is 19.1. The summed E-state index contributed by atoms with van der Waals surface area (Å²) in [5, 5.41) is 17.3. The lowest BCUT2D eigenvalue weighted by Crippen LogP contribution is -2.48. The summed E-state index contributed by atoms with van der Waals surface area (Å²) in [6, 6.07) is -0.126. The molecule has 14 nitrogen and oxygen atoms in total. The van der Waals surface area contributed by atoms with E-state index in [0.717, 1.165) is 18.9 Å². The molecule has 292 valence electrons. The Kier molecular flexibility index (Phi) is 13.0. The predicted octanol–water partition coefficient (Wildman–Crippen LogP) is 5.71. The highest BCUT2D eigenvalue weighted by Gasteiger charge is 2.33. The van der Waals surface area contributed by atoms with E-state index in [9.17, 15) is 29.1 Å². The van der Waals surface area contributed by atoms with Gasteiger partial charge in [-0.05, 0) is 98.1 Å². The number of benzene rings is 1. The van der Waals surface area contributed by atoms with Gasteiger partial charge in [-0.15, -0.1) is 0 Å². The predicted molar refractivity (Wildman–Crippen MR) is 194 cm³/mol. The Morgan fingerprint density at radius 2 is 1.68 bits per heavy atom. The number of piperidine rings is 1. The number of carboxylic acids is 1. The van der Waals surface area contributed by atoms with E-state index < -0.39 is 70.5 Å². The van der Waals surface area contributed by atoms with Gasteiger partial charge in [-0.2, -0.15) is 0 Å². The first-order valence-corrected chi connectivity index (χ1v) is 17.8. The Morgan fingerprint density at radius 3 is 2.28 bits per heavy atom. The number of halogens is 2. The number of hydrogen-bond acceptors (Lipinski definition) is 9. The van der Waals surface area contributed by atoms with Crippen LogP contribution in [0.4, 0.5) is 24.1 Å². The molecule has 1 saturated heterocycles. The Morgan fingerprint density at radius 1 is 1.02 bits per heavy atom. The summed E-state index contributed by atoms with van der Waals surface area (Å²) in [4.78, 5) is 64.3. The summed E-state index contributed by atoms with van der Waals surface area (Å²) in [5.74, 6) is -3.44. The standard InChI is InChI=1S/C37H51F2N5O9/c1-36(2,3)52-34(49)40-15-9-8-12-27(42-35(50)53-37(4,5)6)32(46)41-18-26(39)21-11-10-16-43(19-21)29-25(38)17-23-28(31(29)51-7)44(22-13-14-22)20-24(30(23)45)33(47)48/h17,20,22,27H,8-16,18-19H2,1-7H3,(H,40,49)(H,41,46)(H,42,50)(H,47,48). The van der Waals surface area contributed by atoms with Crippen LogP contribution in [0, 0.1) is 5.82 Å². The van der Waals surface area contributed by atoms with Gasteiger partial charge in [0.1, 0.15) is 34.3 Å². The van der Waals surface area contributed by atoms with Gasteiger partial charge >= 0.3 is 18.2 Å². The molecule has 2 heterocycles. The van der Waals surface area contributed by atoms with Crippen LogP contribution < -0.4 is 31.0 Å². The number of aromatic carboxylic acids is 1. The van der Waals surface area contributed by atoms with Crippen molar-refractivity contribution in [2.45, 2.75) is 110 Å². The molecule has 0 radical (unpaired) electrons. The zero-order valence-corrected chi connectivity index (χ0v) is 31.5. The normalized spacial score (nSPS) is 16.4. The molecule has 1 aromatic carbocycles. The summed E-state index contributed by atoms with van der Waals surface area (Å²) >= 11 is 0. The first kappa shape index (κ1) is 40.9. The average Bonchev–Trinajstić information content (AvgIpc) is 3.90. The van der Waals surface area contributed by atoms with Crippen LogP contribution in [0.15, 0.2) is 28.5 Å². The highest BCUT2D eigenvalue weighted by molar-refractivity contribution is 5.97. The van der Waals surface area contributed by atoms with E-state index in [1.54, 1.807) is 51.0 Å². The maximum atomic E-state index is 15.9. The van der Waals surface area contributed by atoms with Crippen molar-refractivity contribution in [3.63, 3.8) is 0 Å². The SMILES string of the molecule is COc1c(N2CCCC(=C(F)CNC(=O)C(CCCCNC(=O)OC(C)(C)C)NC(=O)OC(C)(C)C)C2)c(F)cc2c(=O)c(C(=O)O)cn(C3CC3)c12. The third-order valence-electron chi connectivity index (χ3n) is 8.57. The molecule has 0 bridgehead atoms. The lowest BCUT2D eigenvalue weighted by atomic mass is 10.0. The first-order chi connectivity index (χ1) is 24.8. The molecule has 2 fully saturated rings. The number of nitrogens with zero attached hydrogens (tertiary/aromatic N) is 2. The number of methoxy groups -OCH3 is 1. The fourth-order valence-electron chi connectivity index (χ4n) is 6.12. The van der Waals surface area contributed by atoms with E-state index in [-0.39, 0.29) is 47.9 Å². The fraction of sp³-hybridized carbons (Fsp3) is 0.595. The number of alkyl carbamates (subject to hydrolysis) is 2. The number of pyridine rings is 1. The minimum absolute atomic E-state index is 0.0219. The maximum absolute atomic E-state index is 15.9. The molecule has 16 heteroatoms. The second-order valence-corrected chi connectivity index (χ2v) is 15.3. The molecule has 1 unspecified atom stereocenters. The molecular weight excluding hydrogens is 696 g/mol. The van der Waals surface area contributed by atoms with E-state index in [0.29, 0.717) is 37.8 Å². The monoisotopic (exact) mass is 747 g/mol. The Labute approximate surface area is 307 Å². The van der Waals surface area contributed by atoms with Crippen LogP contribution in [-0.4, -0.2) is 84.3 Å². The van der Waals surface area contributed by atoms with Crippen molar-refractivity contribution in [2.75, 3.05) is 38.2 Å². The van der Waals surface area contributed by atoms with Crippen LogP contribution in [0.1, 0.15) is 103 Å². The third kappa shape index (κ3) is 11.1. The van der Waals surface area contributed by atoms with Crippen LogP contribution in [0.2, 0.25) is 0 Å². The van der Waals surface area contributed by atoms with Crippen molar-refractivity contribution in [1.29, 1.82) is 0 Å². The van der Waals surface area contributed by atoms with Gasteiger partial charge in [0, 0.05) is 31.9 Å². The molecule has 1 atom stereocenters. The van der Waals surface area contributed by atoms with Crippen molar-refractivity contribution < 1.29 is 47.3 Å². The molecule has 3 amide bonds. The summed E-state index contributed by atoms with van der Waals surface area (Å²) < 4.78 is 49.5. The first-order valence-electron chi connectivity index (χ1n) is 17.8. The van der Waals surface area contributed by atoms with Gasteiger partial charge < -0.3 is 44.7 Å². The van der Waals surface area contributed by atoms with E-state index in [2.05, 4.69) is 16.0 Å². The largest absolute Gasteiger partial charge is 0.492 e. The molecule has 2 aliphatic rings. The third-order valence-corrected chi connectivity index (χ3v) is 8.57. The van der Waals surface area contributed by atoms with Gasteiger partial charge in [0.15, 0.2) is 11.6 Å². The quantitative estimate of drug-likeness (QED) is 0.186. The number of unbranched alkanes of at least 4 members (excludes halogenated alkanes) is 1. The minimum atomic E-state index is -1.41. The van der Waals surface area contributed by atoms with Crippen molar-refractivity contribution in [3.8, 4) is 5.75 Å². The summed E-state index contributed by atoms with van der Waals surface area (Å²) in [6.45, 7) is 10.4. The molecule has 0 spiro atoms. The number of carboxylic acid groups (broad SMARTS) is 1. The molecule has 1 saturated carbocycles. The molecule has 4 rings (SSSR count). The van der Waals surface area contributed by atoms with Gasteiger partial charge in [-0.1, -0.05) is 0 Å². The lowest BCUT2D eigenvalue weighted by molar-refractivity contribution is -0.123. The number of carbonyl (C=O) groups is 4. The summed E-state index contributed by atoms with van der Waals surface area (Å²) in [7, 11) is 1.33. The number of fused-ring (bicyclic) bond motifs is 1. The maximum Gasteiger partial charge on any atom is 0.408 e. The van der Waals surface area contributed by atoms with Gasteiger partial charge in [-0.25, -0.2) is 23.2 Å². The zero-order chi connectivity index (χ0) is 39.2. The molecule has 2 aromatic rings. The number of ether oxygens (including phenoxy) is 3. The van der Waals surface area contributed by atoms with Gasteiger partial charge in [0.05, 0.1) is 24.6 Å². The van der Waals surface area contributed by atoms with Gasteiger partial charge in [0.25, 0.3) is 0 Å². The van der Waals surface area contributed by atoms with Crippen molar-refractivity contribution in [2.24, 2.45) is 0 Å². The molecule has 4 N–H and O–H groups in total. The number of hydrogen-bond donors (Lipinski definition) is 4. The molecule has 53 heavy (non-hydrogen) atoms. The topological polar surface area (TPSA) is 178 Å². The van der Waals surface area contributed by atoms with E-state index >= 15 is 8.78 Å². The van der Waals surface area contributed by atoms with Crippen molar-refractivity contribution >= 4 is 40.7 Å². The minimum Gasteiger partial charge on any atom is -0.492 e. The van der Waals surface area contributed by atoms with Crippen LogP contribution in [-0.2, 0) is 14.3 Å². The van der Waals surface area contributed by atoms with Crippen LogP contribution in [0.5, 0.6) is 5.75 Å². The van der Waals surface area contributed by atoms with E-state index in [4.69, 9.17) is 14.2 Å². The molecule has 1 aliphatic heterocycles.